The number of Topliss-reactive ketones (excluding diaryl/α,β-unsaturated/α-hetero) is 1. The Labute approximate surface area is 228 Å². The van der Waals surface area contributed by atoms with E-state index in [-0.39, 0.29) is 21.3 Å². The van der Waals surface area contributed by atoms with Crippen LogP contribution in [0, 0.1) is 6.92 Å². The van der Waals surface area contributed by atoms with Crippen LogP contribution in [0.25, 0.3) is 5.76 Å². The third-order valence-corrected chi connectivity index (χ3v) is 7.20. The van der Waals surface area contributed by atoms with E-state index in [0.717, 1.165) is 11.3 Å². The molecule has 198 valence electrons. The average Bonchev–Trinajstić information content (AvgIpc) is 3.41. The van der Waals surface area contributed by atoms with Crippen LogP contribution < -0.4 is 14.4 Å². The van der Waals surface area contributed by atoms with Crippen molar-refractivity contribution in [3.05, 3.63) is 74.8 Å². The fraction of sp³-hybridized carbons (Fsp3) is 0.259. The fourth-order valence-electron chi connectivity index (χ4n) is 4.11. The molecule has 0 saturated carbocycles. The van der Waals surface area contributed by atoms with E-state index in [4.69, 9.17) is 25.8 Å². The van der Waals surface area contributed by atoms with Gasteiger partial charge in [0.05, 0.1) is 37.6 Å². The molecule has 1 aliphatic rings. The zero-order valence-electron chi connectivity index (χ0n) is 21.1. The van der Waals surface area contributed by atoms with E-state index in [9.17, 15) is 19.5 Å². The van der Waals surface area contributed by atoms with Gasteiger partial charge in [-0.25, -0.2) is 9.78 Å². The number of thiazole rings is 1. The number of aryl methyl sites for hydroxylation is 1. The van der Waals surface area contributed by atoms with Gasteiger partial charge in [-0.3, -0.25) is 14.5 Å². The summed E-state index contributed by atoms with van der Waals surface area (Å²) < 4.78 is 16.3. The molecule has 4 rings (SSSR count). The Morgan fingerprint density at radius 1 is 1.08 bits per heavy atom. The molecular formula is C27H25ClN2O7S. The van der Waals surface area contributed by atoms with Gasteiger partial charge in [0.1, 0.15) is 10.6 Å². The maximum atomic E-state index is 13.4. The van der Waals surface area contributed by atoms with E-state index in [2.05, 4.69) is 4.98 Å². The van der Waals surface area contributed by atoms with Crippen molar-refractivity contribution in [1.29, 1.82) is 0 Å². The van der Waals surface area contributed by atoms with E-state index >= 15 is 0 Å². The van der Waals surface area contributed by atoms with E-state index in [1.807, 2.05) is 13.8 Å². The molecule has 1 amide bonds. The first-order valence-electron chi connectivity index (χ1n) is 11.7. The summed E-state index contributed by atoms with van der Waals surface area (Å²) in [5.41, 5.74) is 0.978. The van der Waals surface area contributed by atoms with Gasteiger partial charge in [-0.2, -0.15) is 0 Å². The number of ketones is 1. The lowest BCUT2D eigenvalue weighted by molar-refractivity contribution is -0.132. The Bertz CT molecular complexity index is 1430. The van der Waals surface area contributed by atoms with Crippen LogP contribution in [-0.2, 0) is 14.3 Å². The van der Waals surface area contributed by atoms with Gasteiger partial charge in [0.15, 0.2) is 16.6 Å². The number of ether oxygens (including phenoxy) is 3. The minimum atomic E-state index is -1.07. The van der Waals surface area contributed by atoms with Crippen molar-refractivity contribution in [1.82, 2.24) is 4.98 Å². The van der Waals surface area contributed by atoms with Gasteiger partial charge in [-0.1, -0.05) is 29.0 Å². The first-order valence-corrected chi connectivity index (χ1v) is 12.9. The summed E-state index contributed by atoms with van der Waals surface area (Å²) in [5, 5.41) is 11.8. The highest BCUT2D eigenvalue weighted by atomic mass is 35.5. The smallest absolute Gasteiger partial charge is 0.350 e. The van der Waals surface area contributed by atoms with Crippen LogP contribution in [0.3, 0.4) is 0 Å². The van der Waals surface area contributed by atoms with Crippen molar-refractivity contribution in [2.24, 2.45) is 0 Å². The van der Waals surface area contributed by atoms with E-state index in [0.29, 0.717) is 46.6 Å². The standard InChI is InChI=1S/C27H25ClN2O7S/c1-5-36-18-12-9-16(13-19(18)37-6-2)21-20(22(31)15-7-10-17(28)11-8-15)23(32)25(33)30(21)27-29-14(3)24(38-27)26(34)35-4/h7-13,21,31H,5-6H2,1-4H3. The zero-order valence-corrected chi connectivity index (χ0v) is 22.7. The fourth-order valence-corrected chi connectivity index (χ4v) is 5.25. The third kappa shape index (κ3) is 4.97. The lowest BCUT2D eigenvalue weighted by Gasteiger charge is -2.24. The largest absolute Gasteiger partial charge is 0.507 e. The number of halogens is 1. The lowest BCUT2D eigenvalue weighted by Crippen LogP contribution is -2.29. The summed E-state index contributed by atoms with van der Waals surface area (Å²) in [6, 6.07) is 10.2. The van der Waals surface area contributed by atoms with E-state index in [1.54, 1.807) is 49.4 Å². The molecule has 11 heteroatoms. The number of aliphatic hydroxyl groups excluding tert-OH is 1. The molecule has 0 bridgehead atoms. The minimum absolute atomic E-state index is 0.108. The van der Waals surface area contributed by atoms with Crippen LogP contribution in [0.4, 0.5) is 5.13 Å². The lowest BCUT2D eigenvalue weighted by atomic mass is 9.95. The van der Waals surface area contributed by atoms with E-state index in [1.165, 1.54) is 12.0 Å². The van der Waals surface area contributed by atoms with Crippen molar-refractivity contribution in [3.63, 3.8) is 0 Å². The van der Waals surface area contributed by atoms with Crippen molar-refractivity contribution >= 4 is 51.5 Å². The SMILES string of the molecule is CCOc1ccc(C2C(=C(O)c3ccc(Cl)cc3)C(=O)C(=O)N2c2nc(C)c(C(=O)OC)s2)cc1OCC. The number of esters is 1. The van der Waals surface area contributed by atoms with Crippen LogP contribution in [0.2, 0.25) is 5.02 Å². The summed E-state index contributed by atoms with van der Waals surface area (Å²) in [7, 11) is 1.24. The molecule has 2 heterocycles. The molecule has 1 N–H and O–H groups in total. The highest BCUT2D eigenvalue weighted by Crippen LogP contribution is 2.45. The number of aliphatic hydroxyl groups is 1. The van der Waals surface area contributed by atoms with Crippen molar-refractivity contribution in [2.45, 2.75) is 26.8 Å². The second-order valence-electron chi connectivity index (χ2n) is 8.15. The molecular weight excluding hydrogens is 532 g/mol. The van der Waals surface area contributed by atoms with Crippen molar-refractivity contribution < 1.29 is 33.7 Å². The molecule has 1 fully saturated rings. The molecule has 2 aromatic carbocycles. The predicted molar refractivity (Wildman–Crippen MR) is 143 cm³/mol. The summed E-state index contributed by atoms with van der Waals surface area (Å²) in [6.07, 6.45) is 0. The van der Waals surface area contributed by atoms with Gasteiger partial charge in [-0.05, 0) is 62.7 Å². The summed E-state index contributed by atoms with van der Waals surface area (Å²) >= 11 is 6.92. The predicted octanol–water partition coefficient (Wildman–Crippen LogP) is 5.32. The second kappa shape index (κ2) is 11.2. The summed E-state index contributed by atoms with van der Waals surface area (Å²) in [6.45, 7) is 6.03. The minimum Gasteiger partial charge on any atom is -0.507 e. The van der Waals surface area contributed by atoms with Crippen LogP contribution in [-0.4, -0.2) is 48.1 Å². The van der Waals surface area contributed by atoms with Crippen LogP contribution in [0.15, 0.2) is 48.0 Å². The van der Waals surface area contributed by atoms with Gasteiger partial charge in [0.2, 0.25) is 0 Å². The van der Waals surface area contributed by atoms with Crippen molar-refractivity contribution in [3.8, 4) is 11.5 Å². The van der Waals surface area contributed by atoms with Crippen LogP contribution >= 0.6 is 22.9 Å². The third-order valence-electron chi connectivity index (χ3n) is 5.81. The number of aromatic nitrogens is 1. The monoisotopic (exact) mass is 556 g/mol. The number of carbonyl (C=O) groups is 3. The number of methoxy groups -OCH3 is 1. The van der Waals surface area contributed by atoms with Gasteiger partial charge >= 0.3 is 11.9 Å². The Kier molecular flexibility index (Phi) is 8.03. The number of nitrogens with zero attached hydrogens (tertiary/aromatic N) is 2. The molecule has 9 nitrogen and oxygen atoms in total. The second-order valence-corrected chi connectivity index (χ2v) is 9.56. The molecule has 1 atom stereocenters. The molecule has 0 radical (unpaired) electrons. The number of hydrogen-bond donors (Lipinski definition) is 1. The maximum Gasteiger partial charge on any atom is 0.350 e. The number of anilines is 1. The molecule has 38 heavy (non-hydrogen) atoms. The number of amides is 1. The first-order chi connectivity index (χ1) is 18.2. The molecule has 0 aliphatic carbocycles. The molecule has 1 aromatic heterocycles. The quantitative estimate of drug-likeness (QED) is 0.172. The Morgan fingerprint density at radius 3 is 2.37 bits per heavy atom. The Hall–Kier alpha value is -3.89. The first kappa shape index (κ1) is 27.2. The molecule has 1 saturated heterocycles. The topological polar surface area (TPSA) is 115 Å². The van der Waals surface area contributed by atoms with Gasteiger partial charge < -0.3 is 19.3 Å². The van der Waals surface area contributed by atoms with E-state index < -0.39 is 23.7 Å². The zero-order chi connectivity index (χ0) is 27.6. The summed E-state index contributed by atoms with van der Waals surface area (Å²) in [4.78, 5) is 44.9. The number of carbonyl (C=O) groups excluding carboxylic acids is 3. The van der Waals surface area contributed by atoms with Gasteiger partial charge in [-0.15, -0.1) is 0 Å². The number of hydrogen-bond acceptors (Lipinski definition) is 9. The molecule has 1 unspecified atom stereocenters. The van der Waals surface area contributed by atoms with Crippen LogP contribution in [0.1, 0.15) is 46.4 Å². The summed E-state index contributed by atoms with van der Waals surface area (Å²) in [5.74, 6) is -1.88. The highest BCUT2D eigenvalue weighted by Gasteiger charge is 2.48. The normalized spacial score (nSPS) is 16.6. The van der Waals surface area contributed by atoms with Gasteiger partial charge in [0, 0.05) is 10.6 Å². The molecule has 0 spiro atoms. The Balaban J connectivity index is 1.95. The Morgan fingerprint density at radius 2 is 1.74 bits per heavy atom. The average molecular weight is 557 g/mol. The number of rotatable bonds is 8. The van der Waals surface area contributed by atoms with Crippen molar-refractivity contribution in [2.75, 3.05) is 25.2 Å². The highest BCUT2D eigenvalue weighted by molar-refractivity contribution is 7.17. The molecule has 3 aromatic rings. The number of benzene rings is 2. The molecule has 1 aliphatic heterocycles. The van der Waals surface area contributed by atoms with Gasteiger partial charge in [0.25, 0.3) is 5.78 Å². The van der Waals surface area contributed by atoms with Crippen LogP contribution in [0.5, 0.6) is 11.5 Å². The maximum absolute atomic E-state index is 13.4.